The minimum atomic E-state index is -0.735. The molecule has 0 spiro atoms. The highest BCUT2D eigenvalue weighted by Crippen LogP contribution is 2.26. The fraction of sp³-hybridized carbons (Fsp3) is 0.296. The van der Waals surface area contributed by atoms with Crippen molar-refractivity contribution < 1.29 is 28.2 Å². The molecule has 3 aromatic rings. The predicted octanol–water partition coefficient (Wildman–Crippen LogP) is 4.49. The SMILES string of the molecule is COc1ccc(/C=C/C(=O)Oc2ccc3cc(C(=O)NC4CCCCC4)c(=O)oc3c2)c(OC)c1. The Morgan fingerprint density at radius 1 is 0.971 bits per heavy atom. The van der Waals surface area contributed by atoms with E-state index in [0.717, 1.165) is 25.7 Å². The Morgan fingerprint density at radius 3 is 2.49 bits per heavy atom. The first kappa shape index (κ1) is 24.1. The van der Waals surface area contributed by atoms with E-state index in [1.54, 1.807) is 43.5 Å². The largest absolute Gasteiger partial charge is 0.497 e. The van der Waals surface area contributed by atoms with E-state index in [0.29, 0.717) is 22.4 Å². The van der Waals surface area contributed by atoms with Gasteiger partial charge in [0.1, 0.15) is 28.4 Å². The van der Waals surface area contributed by atoms with Gasteiger partial charge in [0.05, 0.1) is 14.2 Å². The molecule has 1 amide bonds. The van der Waals surface area contributed by atoms with Gasteiger partial charge in [-0.05, 0) is 49.2 Å². The molecule has 1 fully saturated rings. The number of amides is 1. The zero-order valence-electron chi connectivity index (χ0n) is 19.7. The van der Waals surface area contributed by atoms with Gasteiger partial charge >= 0.3 is 11.6 Å². The molecule has 0 aliphatic heterocycles. The van der Waals surface area contributed by atoms with Gasteiger partial charge in [-0.3, -0.25) is 4.79 Å². The summed E-state index contributed by atoms with van der Waals surface area (Å²) < 4.78 is 21.2. The molecular weight excluding hydrogens is 450 g/mol. The zero-order valence-corrected chi connectivity index (χ0v) is 19.7. The van der Waals surface area contributed by atoms with Crippen molar-refractivity contribution in [3.63, 3.8) is 0 Å². The standard InChI is InChI=1S/C27H27NO7/c1-32-20-11-8-17(23(15-20)33-2)10-13-25(29)34-21-12-9-18-14-22(27(31)35-24(18)16-21)26(30)28-19-6-4-3-5-7-19/h8-16,19H,3-7H2,1-2H3,(H,28,30)/b13-10+. The van der Waals surface area contributed by atoms with Gasteiger partial charge in [0.25, 0.3) is 5.91 Å². The van der Waals surface area contributed by atoms with E-state index in [-0.39, 0.29) is 22.9 Å². The molecule has 1 saturated carbocycles. The Morgan fingerprint density at radius 2 is 1.74 bits per heavy atom. The summed E-state index contributed by atoms with van der Waals surface area (Å²) >= 11 is 0. The molecule has 4 rings (SSSR count). The Hall–Kier alpha value is -4.07. The molecule has 1 N–H and O–H groups in total. The first-order valence-electron chi connectivity index (χ1n) is 11.5. The molecule has 182 valence electrons. The second-order valence-electron chi connectivity index (χ2n) is 8.32. The van der Waals surface area contributed by atoms with Crippen LogP contribution in [0.2, 0.25) is 0 Å². The third-order valence-corrected chi connectivity index (χ3v) is 5.95. The van der Waals surface area contributed by atoms with Gasteiger partial charge in [-0.1, -0.05) is 19.3 Å². The molecule has 35 heavy (non-hydrogen) atoms. The van der Waals surface area contributed by atoms with Gasteiger partial charge in [-0.25, -0.2) is 9.59 Å². The Bertz CT molecular complexity index is 1320. The zero-order chi connectivity index (χ0) is 24.8. The minimum Gasteiger partial charge on any atom is -0.497 e. The van der Waals surface area contributed by atoms with Gasteiger partial charge in [0.2, 0.25) is 0 Å². The van der Waals surface area contributed by atoms with Crippen molar-refractivity contribution in [2.45, 2.75) is 38.1 Å². The number of hydrogen-bond donors (Lipinski definition) is 1. The summed E-state index contributed by atoms with van der Waals surface area (Å²) in [5.74, 6) is 0.338. The summed E-state index contributed by atoms with van der Waals surface area (Å²) in [6, 6.07) is 11.5. The summed E-state index contributed by atoms with van der Waals surface area (Å²) in [7, 11) is 3.08. The van der Waals surface area contributed by atoms with E-state index in [1.165, 1.54) is 31.7 Å². The van der Waals surface area contributed by atoms with Crippen molar-refractivity contribution in [1.29, 1.82) is 0 Å². The first-order chi connectivity index (χ1) is 17.0. The summed E-state index contributed by atoms with van der Waals surface area (Å²) in [4.78, 5) is 37.4. The number of carbonyl (C=O) groups is 2. The van der Waals surface area contributed by atoms with E-state index in [4.69, 9.17) is 18.6 Å². The van der Waals surface area contributed by atoms with Crippen molar-refractivity contribution in [3.8, 4) is 17.2 Å². The van der Waals surface area contributed by atoms with Crippen molar-refractivity contribution in [2.24, 2.45) is 0 Å². The molecule has 1 aliphatic rings. The van der Waals surface area contributed by atoms with Crippen LogP contribution in [0.4, 0.5) is 0 Å². The molecule has 0 saturated heterocycles. The van der Waals surface area contributed by atoms with Crippen LogP contribution in [0.15, 0.2) is 57.8 Å². The number of nitrogens with one attached hydrogen (secondary N) is 1. The normalized spacial score (nSPS) is 14.1. The third kappa shape index (κ3) is 5.90. The molecule has 0 radical (unpaired) electrons. The Balaban J connectivity index is 1.46. The highest BCUT2D eigenvalue weighted by atomic mass is 16.5. The maximum absolute atomic E-state index is 12.6. The second kappa shape index (κ2) is 10.9. The summed E-state index contributed by atoms with van der Waals surface area (Å²) in [6.07, 6.45) is 7.98. The van der Waals surface area contributed by atoms with Crippen molar-refractivity contribution in [3.05, 3.63) is 70.1 Å². The number of carbonyl (C=O) groups excluding carboxylic acids is 2. The number of hydrogen-bond acceptors (Lipinski definition) is 7. The predicted molar refractivity (Wildman–Crippen MR) is 131 cm³/mol. The second-order valence-corrected chi connectivity index (χ2v) is 8.32. The van der Waals surface area contributed by atoms with Crippen molar-refractivity contribution in [2.75, 3.05) is 14.2 Å². The lowest BCUT2D eigenvalue weighted by Gasteiger charge is -2.22. The lowest BCUT2D eigenvalue weighted by atomic mass is 9.95. The van der Waals surface area contributed by atoms with Crippen LogP contribution in [0.3, 0.4) is 0 Å². The third-order valence-electron chi connectivity index (χ3n) is 5.95. The average Bonchev–Trinajstić information content (AvgIpc) is 2.87. The Labute approximate surface area is 202 Å². The quantitative estimate of drug-likeness (QED) is 0.231. The van der Waals surface area contributed by atoms with E-state index >= 15 is 0 Å². The fourth-order valence-corrected chi connectivity index (χ4v) is 4.09. The van der Waals surface area contributed by atoms with Crippen LogP contribution in [-0.2, 0) is 4.79 Å². The molecule has 2 aromatic carbocycles. The number of methoxy groups -OCH3 is 2. The van der Waals surface area contributed by atoms with Crippen LogP contribution >= 0.6 is 0 Å². The van der Waals surface area contributed by atoms with E-state index in [1.807, 2.05) is 0 Å². The molecule has 1 aliphatic carbocycles. The monoisotopic (exact) mass is 477 g/mol. The smallest absolute Gasteiger partial charge is 0.349 e. The lowest BCUT2D eigenvalue weighted by molar-refractivity contribution is -0.128. The average molecular weight is 478 g/mol. The summed E-state index contributed by atoms with van der Waals surface area (Å²) in [5.41, 5.74) is 0.120. The highest BCUT2D eigenvalue weighted by Gasteiger charge is 2.20. The lowest BCUT2D eigenvalue weighted by Crippen LogP contribution is -2.38. The van der Waals surface area contributed by atoms with Crippen LogP contribution in [0.5, 0.6) is 17.2 Å². The highest BCUT2D eigenvalue weighted by molar-refractivity contribution is 5.97. The number of benzene rings is 2. The van der Waals surface area contributed by atoms with Gasteiger partial charge in [0, 0.05) is 35.2 Å². The number of fused-ring (bicyclic) bond motifs is 1. The van der Waals surface area contributed by atoms with E-state index in [9.17, 15) is 14.4 Å². The van der Waals surface area contributed by atoms with E-state index in [2.05, 4.69) is 5.32 Å². The van der Waals surface area contributed by atoms with Crippen LogP contribution in [0.25, 0.3) is 17.0 Å². The molecule has 1 aromatic heterocycles. The van der Waals surface area contributed by atoms with Crippen molar-refractivity contribution in [1.82, 2.24) is 5.32 Å². The fourth-order valence-electron chi connectivity index (χ4n) is 4.09. The van der Waals surface area contributed by atoms with Crippen LogP contribution in [0.1, 0.15) is 48.0 Å². The summed E-state index contributed by atoms with van der Waals surface area (Å²) in [5, 5.41) is 3.48. The Kier molecular flexibility index (Phi) is 7.50. The summed E-state index contributed by atoms with van der Waals surface area (Å²) in [6.45, 7) is 0. The van der Waals surface area contributed by atoms with Crippen LogP contribution < -0.4 is 25.2 Å². The molecular formula is C27H27NO7. The minimum absolute atomic E-state index is 0.0378. The molecule has 0 atom stereocenters. The number of esters is 1. The van der Waals surface area contributed by atoms with Crippen LogP contribution in [-0.4, -0.2) is 32.1 Å². The number of ether oxygens (including phenoxy) is 3. The van der Waals surface area contributed by atoms with Crippen LogP contribution in [0, 0.1) is 0 Å². The molecule has 8 heteroatoms. The van der Waals surface area contributed by atoms with Gasteiger partial charge < -0.3 is 23.9 Å². The first-order valence-corrected chi connectivity index (χ1v) is 11.5. The topological polar surface area (TPSA) is 104 Å². The van der Waals surface area contributed by atoms with Gasteiger partial charge in [0.15, 0.2) is 0 Å². The molecule has 0 bridgehead atoms. The van der Waals surface area contributed by atoms with Gasteiger partial charge in [-0.2, -0.15) is 0 Å². The van der Waals surface area contributed by atoms with Gasteiger partial charge in [-0.15, -0.1) is 0 Å². The molecule has 0 unspecified atom stereocenters. The van der Waals surface area contributed by atoms with Crippen molar-refractivity contribution >= 4 is 28.9 Å². The molecule has 8 nitrogen and oxygen atoms in total. The molecule has 1 heterocycles. The maximum atomic E-state index is 12.6. The van der Waals surface area contributed by atoms with E-state index < -0.39 is 17.5 Å². The number of rotatable bonds is 7. The maximum Gasteiger partial charge on any atom is 0.349 e.